The molecule has 0 unspecified atom stereocenters. The first kappa shape index (κ1) is 19.5. The number of carbonyl (C=O) groups is 2. The van der Waals surface area contributed by atoms with Crippen LogP contribution in [-0.4, -0.2) is 42.1 Å². The van der Waals surface area contributed by atoms with E-state index in [9.17, 15) is 14.0 Å². The van der Waals surface area contributed by atoms with E-state index in [-0.39, 0.29) is 17.8 Å². The van der Waals surface area contributed by atoms with Crippen LogP contribution in [0.3, 0.4) is 0 Å². The van der Waals surface area contributed by atoms with Crippen LogP contribution in [0.2, 0.25) is 5.02 Å². The molecule has 6 nitrogen and oxygen atoms in total. The predicted molar refractivity (Wildman–Crippen MR) is 111 cm³/mol. The van der Waals surface area contributed by atoms with E-state index < -0.39 is 5.66 Å². The molecular formula is C21H22ClFN4O2. The second-order valence-electron chi connectivity index (χ2n) is 7.32. The van der Waals surface area contributed by atoms with Gasteiger partial charge >= 0.3 is 6.03 Å². The normalized spacial score (nSPS) is 17.7. The molecule has 2 aromatic carbocycles. The summed E-state index contributed by atoms with van der Waals surface area (Å²) in [5.74, 6) is -0.471. The van der Waals surface area contributed by atoms with Crippen molar-refractivity contribution in [3.05, 3.63) is 58.9 Å². The summed E-state index contributed by atoms with van der Waals surface area (Å²) in [6, 6.07) is 10.7. The molecule has 4 rings (SSSR count). The van der Waals surface area contributed by atoms with Gasteiger partial charge in [-0.1, -0.05) is 11.6 Å². The number of halogens is 2. The van der Waals surface area contributed by atoms with Crippen molar-refractivity contribution in [2.24, 2.45) is 0 Å². The molecule has 2 aromatic rings. The fourth-order valence-electron chi connectivity index (χ4n) is 4.18. The number of hydrogen-bond donors (Lipinski definition) is 2. The lowest BCUT2D eigenvalue weighted by Crippen LogP contribution is -2.68. The Morgan fingerprint density at radius 3 is 2.55 bits per heavy atom. The summed E-state index contributed by atoms with van der Waals surface area (Å²) < 4.78 is 13.0. The third-order valence-corrected chi connectivity index (χ3v) is 5.88. The first-order chi connectivity index (χ1) is 13.9. The van der Waals surface area contributed by atoms with Crippen LogP contribution in [0.5, 0.6) is 0 Å². The van der Waals surface area contributed by atoms with E-state index in [1.54, 1.807) is 17.0 Å². The number of likely N-dealkylation sites (tertiary alicyclic amines) is 1. The van der Waals surface area contributed by atoms with E-state index in [2.05, 4.69) is 15.5 Å². The minimum atomic E-state index is -0.545. The van der Waals surface area contributed by atoms with Crippen molar-refractivity contribution in [3.8, 4) is 0 Å². The van der Waals surface area contributed by atoms with Crippen LogP contribution >= 0.6 is 11.6 Å². The van der Waals surface area contributed by atoms with Crippen LogP contribution in [0.15, 0.2) is 42.5 Å². The Kier molecular flexibility index (Phi) is 5.08. The zero-order valence-corrected chi connectivity index (χ0v) is 16.8. The molecule has 0 radical (unpaired) electrons. The second kappa shape index (κ2) is 7.55. The summed E-state index contributed by atoms with van der Waals surface area (Å²) >= 11 is 6.18. The Labute approximate surface area is 173 Å². The number of rotatable bonds is 2. The Morgan fingerprint density at radius 2 is 1.90 bits per heavy atom. The second-order valence-corrected chi connectivity index (χ2v) is 7.75. The molecule has 1 spiro atoms. The third kappa shape index (κ3) is 3.62. The fraction of sp³-hybridized carbons (Fsp3) is 0.333. The highest BCUT2D eigenvalue weighted by atomic mass is 35.5. The van der Waals surface area contributed by atoms with E-state index >= 15 is 0 Å². The quantitative estimate of drug-likeness (QED) is 0.775. The van der Waals surface area contributed by atoms with Gasteiger partial charge in [-0.3, -0.25) is 4.79 Å². The summed E-state index contributed by atoms with van der Waals surface area (Å²) in [6.07, 6.45) is 1.19. The van der Waals surface area contributed by atoms with Crippen molar-refractivity contribution < 1.29 is 14.0 Å². The van der Waals surface area contributed by atoms with Gasteiger partial charge in [0.1, 0.15) is 11.5 Å². The highest BCUT2D eigenvalue weighted by molar-refractivity contribution is 6.31. The number of hydrogen-bond acceptors (Lipinski definition) is 3. The van der Waals surface area contributed by atoms with E-state index in [4.69, 9.17) is 11.6 Å². The molecule has 2 heterocycles. The van der Waals surface area contributed by atoms with E-state index in [0.29, 0.717) is 48.7 Å². The topological polar surface area (TPSA) is 64.7 Å². The number of piperidine rings is 1. The molecule has 2 aliphatic heterocycles. The van der Waals surface area contributed by atoms with Gasteiger partial charge in [0.15, 0.2) is 0 Å². The predicted octanol–water partition coefficient (Wildman–Crippen LogP) is 4.07. The van der Waals surface area contributed by atoms with Crippen LogP contribution in [-0.2, 0) is 0 Å². The maximum absolute atomic E-state index is 13.0. The van der Waals surface area contributed by atoms with Crippen molar-refractivity contribution in [1.29, 1.82) is 0 Å². The molecule has 0 bridgehead atoms. The molecule has 1 fully saturated rings. The summed E-state index contributed by atoms with van der Waals surface area (Å²) in [6.45, 7) is 3.71. The van der Waals surface area contributed by atoms with E-state index in [1.165, 1.54) is 24.3 Å². The van der Waals surface area contributed by atoms with Gasteiger partial charge in [-0.05, 0) is 49.4 Å². The molecule has 1 saturated heterocycles. The fourth-order valence-corrected chi connectivity index (χ4v) is 4.35. The molecule has 2 N–H and O–H groups in total. The van der Waals surface area contributed by atoms with Crippen molar-refractivity contribution in [2.75, 3.05) is 29.9 Å². The third-order valence-electron chi connectivity index (χ3n) is 5.65. The Morgan fingerprint density at radius 1 is 1.21 bits per heavy atom. The number of anilines is 2. The molecule has 0 aliphatic carbocycles. The van der Waals surface area contributed by atoms with E-state index in [1.807, 2.05) is 13.0 Å². The van der Waals surface area contributed by atoms with Crippen LogP contribution in [0.25, 0.3) is 0 Å². The SMILES string of the molecule is CCN1c2cc(Cl)ccc2C(=O)NC12CCN(C(=O)Nc1ccc(F)cc1)CC2. The number of urea groups is 1. The van der Waals surface area contributed by atoms with Crippen molar-refractivity contribution in [2.45, 2.75) is 25.4 Å². The monoisotopic (exact) mass is 416 g/mol. The van der Waals surface area contributed by atoms with Crippen LogP contribution in [0.1, 0.15) is 30.1 Å². The van der Waals surface area contributed by atoms with Gasteiger partial charge in [0.2, 0.25) is 0 Å². The van der Waals surface area contributed by atoms with Gasteiger partial charge in [0.25, 0.3) is 5.91 Å². The summed E-state index contributed by atoms with van der Waals surface area (Å²) in [5, 5.41) is 6.54. The standard InChI is InChI=1S/C21H22ClFN4O2/c1-2-27-18-13-14(22)3-8-17(18)19(28)25-21(27)9-11-26(12-10-21)20(29)24-16-6-4-15(23)5-7-16/h3-8,13H,2,9-12H2,1H3,(H,24,29)(H,25,28). The van der Waals surface area contributed by atoms with Crippen LogP contribution < -0.4 is 15.5 Å². The molecule has 152 valence electrons. The van der Waals surface area contributed by atoms with Crippen molar-refractivity contribution >= 4 is 34.9 Å². The highest BCUT2D eigenvalue weighted by Gasteiger charge is 2.45. The largest absolute Gasteiger partial charge is 0.348 e. The van der Waals surface area contributed by atoms with Crippen LogP contribution in [0, 0.1) is 5.82 Å². The average Bonchev–Trinajstić information content (AvgIpc) is 2.70. The molecule has 0 atom stereocenters. The Bertz CT molecular complexity index is 942. The minimum absolute atomic E-state index is 0.120. The first-order valence-corrected chi connectivity index (χ1v) is 10.0. The first-order valence-electron chi connectivity index (χ1n) is 9.63. The lowest BCUT2D eigenvalue weighted by atomic mass is 9.90. The Balaban J connectivity index is 1.49. The van der Waals surface area contributed by atoms with E-state index in [0.717, 1.165) is 5.69 Å². The highest BCUT2D eigenvalue weighted by Crippen LogP contribution is 2.38. The van der Waals surface area contributed by atoms with Crippen molar-refractivity contribution in [3.63, 3.8) is 0 Å². The summed E-state index contributed by atoms with van der Waals surface area (Å²) in [4.78, 5) is 29.2. The molecule has 2 aliphatic rings. The summed E-state index contributed by atoms with van der Waals surface area (Å²) in [7, 11) is 0. The molecule has 3 amide bonds. The molecule has 0 saturated carbocycles. The van der Waals surface area contributed by atoms with Crippen molar-refractivity contribution in [1.82, 2.24) is 10.2 Å². The molecule has 0 aromatic heterocycles. The maximum atomic E-state index is 13.0. The number of carbonyl (C=O) groups excluding carboxylic acids is 2. The lowest BCUT2D eigenvalue weighted by molar-refractivity contribution is 0.0808. The number of benzene rings is 2. The van der Waals surface area contributed by atoms with Gasteiger partial charge in [-0.2, -0.15) is 0 Å². The lowest BCUT2D eigenvalue weighted by Gasteiger charge is -2.52. The molecular weight excluding hydrogens is 395 g/mol. The minimum Gasteiger partial charge on any atom is -0.348 e. The van der Waals surface area contributed by atoms with Gasteiger partial charge in [0, 0.05) is 43.2 Å². The van der Waals surface area contributed by atoms with Gasteiger partial charge in [-0.25, -0.2) is 9.18 Å². The summed E-state index contributed by atoms with van der Waals surface area (Å²) in [5.41, 5.74) is 1.43. The maximum Gasteiger partial charge on any atom is 0.321 e. The zero-order valence-electron chi connectivity index (χ0n) is 16.0. The average molecular weight is 417 g/mol. The number of amides is 3. The number of nitrogens with one attached hydrogen (secondary N) is 2. The van der Waals surface area contributed by atoms with Gasteiger partial charge < -0.3 is 20.4 Å². The number of fused-ring (bicyclic) bond motifs is 1. The molecule has 8 heteroatoms. The molecule has 29 heavy (non-hydrogen) atoms. The van der Waals surface area contributed by atoms with Gasteiger partial charge in [-0.15, -0.1) is 0 Å². The zero-order chi connectivity index (χ0) is 20.6. The van der Waals surface area contributed by atoms with Gasteiger partial charge in [0.05, 0.1) is 11.3 Å². The smallest absolute Gasteiger partial charge is 0.321 e. The Hall–Kier alpha value is -2.80. The number of nitrogens with zero attached hydrogens (tertiary/aromatic N) is 2. The van der Waals surface area contributed by atoms with Crippen LogP contribution in [0.4, 0.5) is 20.6 Å².